The SMILES string of the molecule is Fc1cccc(C(CCl)(CCl)CCSc2ccccc2)c1. The Labute approximate surface area is 139 Å². The maximum absolute atomic E-state index is 13.5. The van der Waals surface area contributed by atoms with Crippen LogP contribution < -0.4 is 0 Å². The zero-order valence-corrected chi connectivity index (χ0v) is 13.9. The van der Waals surface area contributed by atoms with Gasteiger partial charge in [-0.05, 0) is 42.0 Å². The number of hydrogen-bond donors (Lipinski definition) is 0. The highest BCUT2D eigenvalue weighted by molar-refractivity contribution is 7.99. The van der Waals surface area contributed by atoms with Crippen molar-refractivity contribution in [3.05, 3.63) is 66.0 Å². The van der Waals surface area contributed by atoms with Gasteiger partial charge in [0.2, 0.25) is 0 Å². The molecular formula is C17H17Cl2FS. The molecule has 0 fully saturated rings. The van der Waals surface area contributed by atoms with Gasteiger partial charge in [0.25, 0.3) is 0 Å². The molecule has 0 aliphatic heterocycles. The van der Waals surface area contributed by atoms with Gasteiger partial charge in [-0.3, -0.25) is 0 Å². The lowest BCUT2D eigenvalue weighted by atomic mass is 9.81. The van der Waals surface area contributed by atoms with Crippen LogP contribution in [-0.2, 0) is 5.41 Å². The van der Waals surface area contributed by atoms with E-state index in [1.54, 1.807) is 17.8 Å². The third-order valence-electron chi connectivity index (χ3n) is 3.54. The maximum Gasteiger partial charge on any atom is 0.123 e. The van der Waals surface area contributed by atoms with Crippen molar-refractivity contribution in [2.45, 2.75) is 16.7 Å². The largest absolute Gasteiger partial charge is 0.207 e. The Hall–Kier alpha value is -0.700. The van der Waals surface area contributed by atoms with Gasteiger partial charge in [0.1, 0.15) is 5.82 Å². The molecule has 112 valence electrons. The summed E-state index contributed by atoms with van der Waals surface area (Å²) in [5, 5.41) is 0. The Balaban J connectivity index is 2.08. The summed E-state index contributed by atoms with van der Waals surface area (Å²) in [6.07, 6.45) is 0.809. The molecule has 0 nitrogen and oxygen atoms in total. The first-order chi connectivity index (χ1) is 10.2. The predicted molar refractivity (Wildman–Crippen MR) is 91.3 cm³/mol. The number of halogens is 3. The molecule has 4 heteroatoms. The van der Waals surface area contributed by atoms with Crippen molar-refractivity contribution in [3.8, 4) is 0 Å². The van der Waals surface area contributed by atoms with Gasteiger partial charge in [0.05, 0.1) is 0 Å². The molecule has 0 aromatic heterocycles. The first kappa shape index (κ1) is 16.7. The van der Waals surface area contributed by atoms with E-state index in [1.165, 1.54) is 17.0 Å². The molecule has 0 unspecified atom stereocenters. The van der Waals surface area contributed by atoms with Gasteiger partial charge in [-0.15, -0.1) is 35.0 Å². The summed E-state index contributed by atoms with van der Waals surface area (Å²) in [4.78, 5) is 1.22. The number of alkyl halides is 2. The lowest BCUT2D eigenvalue weighted by molar-refractivity contribution is 0.517. The van der Waals surface area contributed by atoms with Gasteiger partial charge in [0.15, 0.2) is 0 Å². The smallest absolute Gasteiger partial charge is 0.123 e. The Morgan fingerprint density at radius 3 is 2.29 bits per heavy atom. The Bertz CT molecular complexity index is 556. The monoisotopic (exact) mass is 342 g/mol. The zero-order valence-electron chi connectivity index (χ0n) is 11.6. The van der Waals surface area contributed by atoms with E-state index in [-0.39, 0.29) is 11.2 Å². The molecule has 0 bridgehead atoms. The Kier molecular flexibility index (Phi) is 6.40. The molecule has 0 radical (unpaired) electrons. The maximum atomic E-state index is 13.5. The van der Waals surface area contributed by atoms with Gasteiger partial charge in [-0.1, -0.05) is 30.3 Å². The molecule has 0 spiro atoms. The highest BCUT2D eigenvalue weighted by atomic mass is 35.5. The molecule has 0 atom stereocenters. The van der Waals surface area contributed by atoms with E-state index in [1.807, 2.05) is 24.3 Å². The lowest BCUT2D eigenvalue weighted by Crippen LogP contribution is -2.31. The molecule has 0 amide bonds. The summed E-state index contributed by atoms with van der Waals surface area (Å²) in [6, 6.07) is 16.8. The van der Waals surface area contributed by atoms with Crippen LogP contribution in [0.1, 0.15) is 12.0 Å². The van der Waals surface area contributed by atoms with Crippen LogP contribution in [0.5, 0.6) is 0 Å². The molecule has 0 N–H and O–H groups in total. The molecular weight excluding hydrogens is 326 g/mol. The third-order valence-corrected chi connectivity index (χ3v) is 5.58. The van der Waals surface area contributed by atoms with Gasteiger partial charge in [-0.2, -0.15) is 0 Å². The van der Waals surface area contributed by atoms with E-state index in [9.17, 15) is 4.39 Å². The standard InChI is InChI=1S/C17H17Cl2FS/c18-12-17(13-19,14-5-4-6-15(20)11-14)9-10-21-16-7-2-1-3-8-16/h1-8,11H,9-10,12-13H2. The molecule has 2 aromatic rings. The zero-order chi connectivity index (χ0) is 15.1. The van der Waals surface area contributed by atoms with Crippen LogP contribution in [0.3, 0.4) is 0 Å². The fourth-order valence-electron chi connectivity index (χ4n) is 2.17. The average molecular weight is 343 g/mol. The lowest BCUT2D eigenvalue weighted by Gasteiger charge is -2.30. The summed E-state index contributed by atoms with van der Waals surface area (Å²) in [5.41, 5.74) is 0.494. The van der Waals surface area contributed by atoms with Crippen LogP contribution in [0.25, 0.3) is 0 Å². The molecule has 0 heterocycles. The van der Waals surface area contributed by atoms with Crippen molar-refractivity contribution in [2.75, 3.05) is 17.5 Å². The van der Waals surface area contributed by atoms with E-state index in [0.29, 0.717) is 11.8 Å². The molecule has 21 heavy (non-hydrogen) atoms. The van der Waals surface area contributed by atoms with Crippen molar-refractivity contribution in [1.82, 2.24) is 0 Å². The van der Waals surface area contributed by atoms with E-state index in [0.717, 1.165) is 17.7 Å². The Morgan fingerprint density at radius 1 is 0.952 bits per heavy atom. The number of rotatable bonds is 7. The number of hydrogen-bond acceptors (Lipinski definition) is 1. The summed E-state index contributed by atoms with van der Waals surface area (Å²) in [7, 11) is 0. The predicted octanol–water partition coefficient (Wildman–Crippen LogP) is 5.72. The van der Waals surface area contributed by atoms with E-state index in [2.05, 4.69) is 12.1 Å². The van der Waals surface area contributed by atoms with Crippen molar-refractivity contribution >= 4 is 35.0 Å². The Morgan fingerprint density at radius 2 is 1.67 bits per heavy atom. The first-order valence-electron chi connectivity index (χ1n) is 6.76. The summed E-state index contributed by atoms with van der Waals surface area (Å²) < 4.78 is 13.5. The minimum Gasteiger partial charge on any atom is -0.207 e. The number of benzene rings is 2. The van der Waals surface area contributed by atoms with Gasteiger partial charge < -0.3 is 0 Å². The molecule has 0 saturated carbocycles. The van der Waals surface area contributed by atoms with E-state index >= 15 is 0 Å². The van der Waals surface area contributed by atoms with Crippen LogP contribution in [0.15, 0.2) is 59.5 Å². The molecule has 0 saturated heterocycles. The van der Waals surface area contributed by atoms with Gasteiger partial charge >= 0.3 is 0 Å². The van der Waals surface area contributed by atoms with Crippen molar-refractivity contribution in [1.29, 1.82) is 0 Å². The second-order valence-corrected chi connectivity index (χ2v) is 6.67. The number of thioether (sulfide) groups is 1. The van der Waals surface area contributed by atoms with Crippen molar-refractivity contribution in [3.63, 3.8) is 0 Å². The fourth-order valence-corrected chi connectivity index (χ4v) is 4.11. The second kappa shape index (κ2) is 8.07. The van der Waals surface area contributed by atoms with Gasteiger partial charge in [0, 0.05) is 22.1 Å². The van der Waals surface area contributed by atoms with Crippen LogP contribution in [0.4, 0.5) is 4.39 Å². The topological polar surface area (TPSA) is 0 Å². The normalized spacial score (nSPS) is 11.6. The molecule has 2 aromatic carbocycles. The van der Waals surface area contributed by atoms with Crippen LogP contribution in [0, 0.1) is 5.82 Å². The quantitative estimate of drug-likeness (QED) is 0.457. The second-order valence-electron chi connectivity index (χ2n) is 4.97. The first-order valence-corrected chi connectivity index (χ1v) is 8.81. The van der Waals surface area contributed by atoms with Crippen molar-refractivity contribution in [2.24, 2.45) is 0 Å². The van der Waals surface area contributed by atoms with Crippen LogP contribution in [-0.4, -0.2) is 17.5 Å². The van der Waals surface area contributed by atoms with E-state index in [4.69, 9.17) is 23.2 Å². The third kappa shape index (κ3) is 4.38. The average Bonchev–Trinajstić information content (AvgIpc) is 2.53. The fraction of sp³-hybridized carbons (Fsp3) is 0.294. The minimum atomic E-state index is -0.382. The minimum absolute atomic E-state index is 0.247. The van der Waals surface area contributed by atoms with E-state index < -0.39 is 0 Å². The molecule has 0 aliphatic carbocycles. The van der Waals surface area contributed by atoms with Gasteiger partial charge in [-0.25, -0.2) is 4.39 Å². The summed E-state index contributed by atoms with van der Waals surface area (Å²) in [5.74, 6) is 1.41. The molecule has 2 rings (SSSR count). The molecule has 0 aliphatic rings. The van der Waals surface area contributed by atoms with Crippen LogP contribution >= 0.6 is 35.0 Å². The van der Waals surface area contributed by atoms with Crippen LogP contribution in [0.2, 0.25) is 0 Å². The highest BCUT2D eigenvalue weighted by Crippen LogP contribution is 2.34. The summed E-state index contributed by atoms with van der Waals surface area (Å²) >= 11 is 14.1. The highest BCUT2D eigenvalue weighted by Gasteiger charge is 2.30. The summed E-state index contributed by atoms with van der Waals surface area (Å²) in [6.45, 7) is 0. The van der Waals surface area contributed by atoms with Crippen molar-refractivity contribution < 1.29 is 4.39 Å².